The highest BCUT2D eigenvalue weighted by Gasteiger charge is 2.60. The van der Waals surface area contributed by atoms with Gasteiger partial charge in [-0.05, 0) is 79.2 Å². The van der Waals surface area contributed by atoms with Gasteiger partial charge in [-0.15, -0.1) is 0 Å². The van der Waals surface area contributed by atoms with E-state index in [-0.39, 0.29) is 23.0 Å². The number of aromatic nitrogens is 1. The van der Waals surface area contributed by atoms with Crippen LogP contribution in [0.2, 0.25) is 0 Å². The van der Waals surface area contributed by atoms with E-state index in [4.69, 9.17) is 0 Å². The monoisotopic (exact) mass is 403 g/mol. The molecule has 30 heavy (non-hydrogen) atoms. The van der Waals surface area contributed by atoms with E-state index in [9.17, 15) is 10.2 Å². The fraction of sp³-hybridized carbons (Fsp3) is 0.556. The third kappa shape index (κ3) is 2.34. The molecule has 158 valence electrons. The summed E-state index contributed by atoms with van der Waals surface area (Å²) in [6.45, 7) is 4.73. The molecule has 2 aromatic rings. The predicted molar refractivity (Wildman–Crippen MR) is 121 cm³/mol. The Hall–Kier alpha value is -1.84. The largest absolute Gasteiger partial charge is 0.393 e. The van der Waals surface area contributed by atoms with Gasteiger partial charge in [0.15, 0.2) is 0 Å². The van der Waals surface area contributed by atoms with Crippen LogP contribution < -0.4 is 0 Å². The minimum absolute atomic E-state index is 0.146. The smallest absolute Gasteiger partial charge is 0.0654 e. The normalized spacial score (nSPS) is 42.9. The van der Waals surface area contributed by atoms with Crippen molar-refractivity contribution in [1.29, 1.82) is 0 Å². The van der Waals surface area contributed by atoms with Gasteiger partial charge in [0.25, 0.3) is 0 Å². The maximum Gasteiger partial charge on any atom is 0.0654 e. The zero-order valence-corrected chi connectivity index (χ0v) is 18.1. The van der Waals surface area contributed by atoms with Gasteiger partial charge < -0.3 is 14.8 Å². The second-order valence-electron chi connectivity index (χ2n) is 10.8. The average Bonchev–Trinajstić information content (AvgIpc) is 3.31. The van der Waals surface area contributed by atoms with Gasteiger partial charge in [-0.2, -0.15) is 0 Å². The molecule has 7 atom stereocenters. The minimum Gasteiger partial charge on any atom is -0.393 e. The van der Waals surface area contributed by atoms with Crippen molar-refractivity contribution in [3.63, 3.8) is 0 Å². The first-order valence-corrected chi connectivity index (χ1v) is 11.8. The lowest BCUT2D eigenvalue weighted by Crippen LogP contribution is -2.55. The molecule has 2 N–H and O–H groups in total. The van der Waals surface area contributed by atoms with Crippen LogP contribution in [0.25, 0.3) is 16.6 Å². The summed E-state index contributed by atoms with van der Waals surface area (Å²) >= 11 is 0. The number of rotatable bonds is 1. The Morgan fingerprint density at radius 1 is 1.00 bits per heavy atom. The predicted octanol–water partition coefficient (Wildman–Crippen LogP) is 5.39. The fourth-order valence-electron chi connectivity index (χ4n) is 7.82. The molecule has 0 spiro atoms. The number of allylic oxidation sites excluding steroid dienone is 2. The lowest BCUT2D eigenvalue weighted by atomic mass is 9.47. The molecule has 2 fully saturated rings. The van der Waals surface area contributed by atoms with Gasteiger partial charge in [-0.25, -0.2) is 0 Å². The lowest BCUT2D eigenvalue weighted by Gasteiger charge is -2.59. The number of nitrogens with zero attached hydrogens (tertiary/aromatic N) is 1. The van der Waals surface area contributed by atoms with Crippen LogP contribution in [0.15, 0.2) is 54.3 Å². The van der Waals surface area contributed by atoms with Crippen molar-refractivity contribution in [3.8, 4) is 0 Å². The quantitative estimate of drug-likeness (QED) is 0.627. The van der Waals surface area contributed by atoms with Crippen LogP contribution in [0, 0.1) is 28.6 Å². The molecular weight excluding hydrogens is 370 g/mol. The number of para-hydroxylation sites is 1. The van der Waals surface area contributed by atoms with Crippen LogP contribution in [0.4, 0.5) is 0 Å². The summed E-state index contributed by atoms with van der Waals surface area (Å²) in [6, 6.07) is 10.7. The second-order valence-corrected chi connectivity index (χ2v) is 10.8. The van der Waals surface area contributed by atoms with Gasteiger partial charge in [0, 0.05) is 17.3 Å². The fourth-order valence-corrected chi connectivity index (χ4v) is 7.82. The lowest BCUT2D eigenvalue weighted by molar-refractivity contribution is -0.0966. The summed E-state index contributed by atoms with van der Waals surface area (Å²) in [5.74, 6) is 1.61. The molecular formula is C27H33NO2. The van der Waals surface area contributed by atoms with E-state index in [1.165, 1.54) is 22.2 Å². The molecule has 0 saturated heterocycles. The molecule has 4 aliphatic carbocycles. The number of hydrogen-bond acceptors (Lipinski definition) is 2. The number of aliphatic hydroxyl groups is 2. The highest BCUT2D eigenvalue weighted by molar-refractivity contribution is 5.84. The molecule has 2 saturated carbocycles. The van der Waals surface area contributed by atoms with E-state index >= 15 is 0 Å². The molecule has 3 nitrogen and oxygen atoms in total. The maximum absolute atomic E-state index is 11.7. The van der Waals surface area contributed by atoms with E-state index in [1.54, 1.807) is 0 Å². The standard InChI is InChI=1S/C27H33NO2/c1-26-13-11-19(29)15-18(26)7-8-20-21-9-10-24(27(21,2)25(30)16-22(20)26)28-14-12-17-5-3-4-6-23(17)28/h3-7,10,12,14,19-22,25,29-30H,8-9,11,13,15-16H2,1-2H3/t19-,20?,21?,22?,25?,26-,27-/m0/s1. The molecule has 4 aliphatic rings. The van der Waals surface area contributed by atoms with Crippen LogP contribution in [-0.2, 0) is 0 Å². The molecule has 6 rings (SSSR count). The summed E-state index contributed by atoms with van der Waals surface area (Å²) in [5.41, 5.74) is 3.92. The van der Waals surface area contributed by atoms with Crippen molar-refractivity contribution in [1.82, 2.24) is 4.57 Å². The van der Waals surface area contributed by atoms with Crippen molar-refractivity contribution in [3.05, 3.63) is 54.3 Å². The number of aliphatic hydroxyl groups excluding tert-OH is 2. The molecule has 0 radical (unpaired) electrons. The zero-order valence-electron chi connectivity index (χ0n) is 18.1. The minimum atomic E-state index is -0.332. The molecule has 4 unspecified atom stereocenters. The summed E-state index contributed by atoms with van der Waals surface area (Å²) in [6.07, 6.45) is 12.4. The van der Waals surface area contributed by atoms with Gasteiger partial charge in [-0.1, -0.05) is 49.8 Å². The topological polar surface area (TPSA) is 45.4 Å². The van der Waals surface area contributed by atoms with E-state index in [0.29, 0.717) is 17.8 Å². The molecule has 3 heteroatoms. The summed E-state index contributed by atoms with van der Waals surface area (Å²) in [7, 11) is 0. The average molecular weight is 404 g/mol. The van der Waals surface area contributed by atoms with Crippen LogP contribution in [0.3, 0.4) is 0 Å². The molecule has 1 aromatic carbocycles. The maximum atomic E-state index is 11.7. The highest BCUT2D eigenvalue weighted by atomic mass is 16.3. The van der Waals surface area contributed by atoms with E-state index < -0.39 is 0 Å². The first-order valence-electron chi connectivity index (χ1n) is 11.8. The van der Waals surface area contributed by atoms with Crippen molar-refractivity contribution in [2.24, 2.45) is 28.6 Å². The van der Waals surface area contributed by atoms with Gasteiger partial charge in [0.1, 0.15) is 0 Å². The summed E-state index contributed by atoms with van der Waals surface area (Å²) in [4.78, 5) is 0. The Kier molecular flexibility index (Phi) is 3.99. The Balaban J connectivity index is 1.40. The van der Waals surface area contributed by atoms with Crippen molar-refractivity contribution in [2.75, 3.05) is 0 Å². The van der Waals surface area contributed by atoms with Crippen molar-refractivity contribution < 1.29 is 10.2 Å². The second kappa shape index (κ2) is 6.34. The zero-order chi connectivity index (χ0) is 20.7. The molecule has 0 amide bonds. The Morgan fingerprint density at radius 3 is 2.70 bits per heavy atom. The van der Waals surface area contributed by atoms with Gasteiger partial charge >= 0.3 is 0 Å². The Labute approximate surface area is 179 Å². The molecule has 1 aromatic heterocycles. The third-order valence-electron chi connectivity index (χ3n) is 9.59. The van der Waals surface area contributed by atoms with Crippen molar-refractivity contribution >= 4 is 16.6 Å². The van der Waals surface area contributed by atoms with E-state index in [1.807, 2.05) is 0 Å². The molecule has 0 aliphatic heterocycles. The molecule has 0 bridgehead atoms. The van der Waals surface area contributed by atoms with Crippen molar-refractivity contribution in [2.45, 2.75) is 64.6 Å². The van der Waals surface area contributed by atoms with Gasteiger partial charge in [0.05, 0.1) is 17.7 Å². The Morgan fingerprint density at radius 2 is 1.83 bits per heavy atom. The van der Waals surface area contributed by atoms with E-state index in [2.05, 4.69) is 67.1 Å². The number of fused-ring (bicyclic) bond motifs is 6. The first-order chi connectivity index (χ1) is 14.4. The number of benzene rings is 1. The van der Waals surface area contributed by atoms with Gasteiger partial charge in [0.2, 0.25) is 0 Å². The third-order valence-corrected chi connectivity index (χ3v) is 9.59. The van der Waals surface area contributed by atoms with Crippen LogP contribution >= 0.6 is 0 Å². The SMILES string of the molecule is C[C@@]12C(n3ccc4ccccc43)=CCC1C1CC=C3C[C@@H](O)CC[C@]3(C)C1CC2O. The summed E-state index contributed by atoms with van der Waals surface area (Å²) < 4.78 is 2.33. The van der Waals surface area contributed by atoms with E-state index in [0.717, 1.165) is 38.5 Å². The van der Waals surface area contributed by atoms with Crippen LogP contribution in [0.1, 0.15) is 52.4 Å². The first kappa shape index (κ1) is 18.9. The number of hydrogen-bond donors (Lipinski definition) is 2. The van der Waals surface area contributed by atoms with Gasteiger partial charge in [-0.3, -0.25) is 0 Å². The highest BCUT2D eigenvalue weighted by Crippen LogP contribution is 2.65. The summed E-state index contributed by atoms with van der Waals surface area (Å²) in [5, 5.41) is 23.1. The van der Waals surface area contributed by atoms with Crippen LogP contribution in [0.5, 0.6) is 0 Å². The Bertz CT molecular complexity index is 1060. The van der Waals surface area contributed by atoms with Crippen LogP contribution in [-0.4, -0.2) is 27.0 Å². The molecule has 1 heterocycles.